The molecule has 90 valence electrons. The number of nitrogens with zero attached hydrogens (tertiary/aromatic N) is 2. The Kier molecular flexibility index (Phi) is 2.56. The summed E-state index contributed by atoms with van der Waals surface area (Å²) in [6.07, 6.45) is 0. The molecular formula is C12H7FN2O2S. The van der Waals surface area contributed by atoms with Gasteiger partial charge in [-0.15, -0.1) is 11.3 Å². The molecule has 0 saturated heterocycles. The fraction of sp³-hybridized carbons (Fsp3) is 0. The summed E-state index contributed by atoms with van der Waals surface area (Å²) in [5.74, 6) is 0.000591. The Hall–Kier alpha value is -2.21. The Labute approximate surface area is 105 Å². The third kappa shape index (κ3) is 1.76. The first-order chi connectivity index (χ1) is 8.75. The number of aromatic nitrogens is 2. The topological polar surface area (TPSA) is 59.2 Å². The van der Waals surface area contributed by atoms with Gasteiger partial charge in [0.1, 0.15) is 16.4 Å². The molecule has 0 aliphatic heterocycles. The zero-order chi connectivity index (χ0) is 12.5. The van der Waals surface area contributed by atoms with Gasteiger partial charge in [-0.25, -0.2) is 4.39 Å². The quantitative estimate of drug-likeness (QED) is 0.769. The molecule has 0 aliphatic carbocycles. The van der Waals surface area contributed by atoms with E-state index in [1.807, 2.05) is 0 Å². The molecule has 0 spiro atoms. The number of hydrogen-bond donors (Lipinski definition) is 1. The van der Waals surface area contributed by atoms with E-state index in [4.69, 9.17) is 4.52 Å². The van der Waals surface area contributed by atoms with E-state index in [9.17, 15) is 9.50 Å². The minimum Gasteiger partial charge on any atom is -0.506 e. The van der Waals surface area contributed by atoms with Crippen molar-refractivity contribution in [3.8, 4) is 27.9 Å². The maximum absolute atomic E-state index is 13.5. The van der Waals surface area contributed by atoms with E-state index < -0.39 is 5.82 Å². The van der Waals surface area contributed by atoms with Gasteiger partial charge in [0.05, 0.1) is 5.56 Å². The molecule has 3 aromatic rings. The number of rotatable bonds is 2. The Morgan fingerprint density at radius 3 is 2.78 bits per heavy atom. The van der Waals surface area contributed by atoms with Crippen molar-refractivity contribution in [3.63, 3.8) is 0 Å². The fourth-order valence-corrected chi connectivity index (χ4v) is 2.24. The van der Waals surface area contributed by atoms with E-state index in [1.165, 1.54) is 23.5 Å². The second kappa shape index (κ2) is 4.23. The molecule has 2 aromatic heterocycles. The van der Waals surface area contributed by atoms with Crippen molar-refractivity contribution in [2.45, 2.75) is 0 Å². The third-order valence-corrected chi connectivity index (χ3v) is 3.27. The molecule has 0 fully saturated rings. The van der Waals surface area contributed by atoms with Gasteiger partial charge in [-0.1, -0.05) is 17.3 Å². The molecule has 0 saturated carbocycles. The van der Waals surface area contributed by atoms with Gasteiger partial charge >= 0.3 is 0 Å². The summed E-state index contributed by atoms with van der Waals surface area (Å²) in [4.78, 5) is 4.55. The highest BCUT2D eigenvalue weighted by molar-refractivity contribution is 7.13. The van der Waals surface area contributed by atoms with Crippen LogP contribution in [-0.2, 0) is 0 Å². The standard InChI is InChI=1S/C12H7FN2O2S/c13-8-4-2-1-3-7(8)11-14-12(17-15-11)10-9(16)5-6-18-10/h1-6,16H. The van der Waals surface area contributed by atoms with E-state index in [0.29, 0.717) is 4.88 Å². The van der Waals surface area contributed by atoms with Crippen molar-refractivity contribution in [2.75, 3.05) is 0 Å². The van der Waals surface area contributed by atoms with Gasteiger partial charge in [-0.3, -0.25) is 0 Å². The number of hydrogen-bond acceptors (Lipinski definition) is 5. The molecular weight excluding hydrogens is 255 g/mol. The molecule has 0 amide bonds. The molecule has 4 nitrogen and oxygen atoms in total. The van der Waals surface area contributed by atoms with Crippen LogP contribution in [0.25, 0.3) is 22.2 Å². The number of thiophene rings is 1. The number of halogens is 1. The molecule has 1 aromatic carbocycles. The SMILES string of the molecule is Oc1ccsc1-c1nc(-c2ccccc2F)no1. The van der Waals surface area contributed by atoms with E-state index in [0.717, 1.165) is 0 Å². The molecule has 0 bridgehead atoms. The average Bonchev–Trinajstić information content (AvgIpc) is 2.98. The van der Waals surface area contributed by atoms with Gasteiger partial charge in [-0.2, -0.15) is 4.98 Å². The Balaban J connectivity index is 2.05. The Morgan fingerprint density at radius 1 is 1.22 bits per heavy atom. The monoisotopic (exact) mass is 262 g/mol. The number of benzene rings is 1. The second-order valence-corrected chi connectivity index (χ2v) is 4.45. The van der Waals surface area contributed by atoms with Crippen LogP contribution in [0, 0.1) is 5.82 Å². The van der Waals surface area contributed by atoms with E-state index in [1.54, 1.807) is 23.6 Å². The zero-order valence-corrected chi connectivity index (χ0v) is 9.82. The van der Waals surface area contributed by atoms with Crippen LogP contribution < -0.4 is 0 Å². The van der Waals surface area contributed by atoms with Crippen molar-refractivity contribution in [1.82, 2.24) is 10.1 Å². The van der Waals surface area contributed by atoms with Gasteiger partial charge in [0.15, 0.2) is 0 Å². The molecule has 2 heterocycles. The van der Waals surface area contributed by atoms with Crippen LogP contribution in [0.1, 0.15) is 0 Å². The molecule has 0 atom stereocenters. The molecule has 0 aliphatic rings. The normalized spacial score (nSPS) is 10.7. The molecule has 3 rings (SSSR count). The van der Waals surface area contributed by atoms with Crippen LogP contribution in [0.4, 0.5) is 4.39 Å². The van der Waals surface area contributed by atoms with Crippen molar-refractivity contribution in [2.24, 2.45) is 0 Å². The largest absolute Gasteiger partial charge is 0.506 e. The van der Waals surface area contributed by atoms with Gasteiger partial charge in [-0.05, 0) is 23.6 Å². The van der Waals surface area contributed by atoms with Crippen LogP contribution >= 0.6 is 11.3 Å². The summed E-state index contributed by atoms with van der Waals surface area (Å²) in [7, 11) is 0. The predicted octanol–water partition coefficient (Wildman–Crippen LogP) is 3.31. The Morgan fingerprint density at radius 2 is 2.06 bits per heavy atom. The first-order valence-corrected chi connectivity index (χ1v) is 5.99. The summed E-state index contributed by atoms with van der Waals surface area (Å²) >= 11 is 1.28. The highest BCUT2D eigenvalue weighted by Gasteiger charge is 2.16. The van der Waals surface area contributed by atoms with Crippen LogP contribution in [-0.4, -0.2) is 15.2 Å². The van der Waals surface area contributed by atoms with E-state index in [-0.39, 0.29) is 23.0 Å². The van der Waals surface area contributed by atoms with E-state index >= 15 is 0 Å². The van der Waals surface area contributed by atoms with Gasteiger partial charge in [0.25, 0.3) is 5.89 Å². The van der Waals surface area contributed by atoms with Crippen molar-refractivity contribution in [3.05, 3.63) is 41.5 Å². The van der Waals surface area contributed by atoms with Crippen molar-refractivity contribution in [1.29, 1.82) is 0 Å². The van der Waals surface area contributed by atoms with E-state index in [2.05, 4.69) is 10.1 Å². The number of aromatic hydroxyl groups is 1. The van der Waals surface area contributed by atoms with Gasteiger partial charge in [0, 0.05) is 0 Å². The smallest absolute Gasteiger partial charge is 0.272 e. The minimum absolute atomic E-state index is 0.0729. The zero-order valence-electron chi connectivity index (χ0n) is 9.00. The maximum Gasteiger partial charge on any atom is 0.272 e. The first kappa shape index (κ1) is 10.9. The minimum atomic E-state index is -0.416. The summed E-state index contributed by atoms with van der Waals surface area (Å²) in [6, 6.07) is 7.71. The highest BCUT2D eigenvalue weighted by Crippen LogP contribution is 2.34. The lowest BCUT2D eigenvalue weighted by Crippen LogP contribution is -1.85. The lowest BCUT2D eigenvalue weighted by molar-refractivity contribution is 0.427. The summed E-state index contributed by atoms with van der Waals surface area (Å²) in [6.45, 7) is 0. The molecule has 1 N–H and O–H groups in total. The van der Waals surface area contributed by atoms with Crippen molar-refractivity contribution < 1.29 is 14.0 Å². The predicted molar refractivity (Wildman–Crippen MR) is 64.7 cm³/mol. The summed E-state index contributed by atoms with van der Waals surface area (Å²) in [5, 5.41) is 15.0. The third-order valence-electron chi connectivity index (χ3n) is 2.38. The van der Waals surface area contributed by atoms with Crippen LogP contribution in [0.15, 0.2) is 40.2 Å². The maximum atomic E-state index is 13.5. The second-order valence-electron chi connectivity index (χ2n) is 3.54. The van der Waals surface area contributed by atoms with Crippen LogP contribution in [0.3, 0.4) is 0 Å². The lowest BCUT2D eigenvalue weighted by Gasteiger charge is -1.94. The molecule has 6 heteroatoms. The van der Waals surface area contributed by atoms with Gasteiger partial charge < -0.3 is 9.63 Å². The lowest BCUT2D eigenvalue weighted by atomic mass is 10.2. The van der Waals surface area contributed by atoms with Crippen LogP contribution in [0.2, 0.25) is 0 Å². The van der Waals surface area contributed by atoms with Crippen LogP contribution in [0.5, 0.6) is 5.75 Å². The molecule has 0 radical (unpaired) electrons. The average molecular weight is 262 g/mol. The summed E-state index contributed by atoms with van der Waals surface area (Å²) < 4.78 is 18.6. The van der Waals surface area contributed by atoms with Crippen molar-refractivity contribution >= 4 is 11.3 Å². The first-order valence-electron chi connectivity index (χ1n) is 5.11. The highest BCUT2D eigenvalue weighted by atomic mass is 32.1. The molecule has 0 unspecified atom stereocenters. The summed E-state index contributed by atoms with van der Waals surface area (Å²) in [5.41, 5.74) is 0.267. The fourth-order valence-electron chi connectivity index (χ4n) is 1.53. The Bertz CT molecular complexity index is 693. The van der Waals surface area contributed by atoms with Gasteiger partial charge in [0.2, 0.25) is 5.82 Å². The molecule has 18 heavy (non-hydrogen) atoms.